The number of benzene rings is 2. The van der Waals surface area contributed by atoms with Gasteiger partial charge in [-0.15, -0.1) is 6.42 Å². The summed E-state index contributed by atoms with van der Waals surface area (Å²) < 4.78 is 0. The lowest BCUT2D eigenvalue weighted by Crippen LogP contribution is -2.31. The van der Waals surface area contributed by atoms with Crippen LogP contribution in [0.2, 0.25) is 0 Å². The van der Waals surface area contributed by atoms with Gasteiger partial charge in [-0.2, -0.15) is 0 Å². The predicted octanol–water partition coefficient (Wildman–Crippen LogP) is 3.85. The highest BCUT2D eigenvalue weighted by atomic mass is 16.1. The summed E-state index contributed by atoms with van der Waals surface area (Å²) >= 11 is 0. The Labute approximate surface area is 180 Å². The second kappa shape index (κ2) is 12.3. The number of guanidine groups is 1. The first kappa shape index (κ1) is 23.0. The standard InChI is InChI=1S/C14H17N3O.C11H15N/c1-4-11-6-5-7-12(10-11)13(8-9-18)16-14(15)17(2)3;1-3-7-11(8-4-1)12-9-5-2-6-10-12/h1,5-7,9-10,13H,8H2,2-3H3,(H2,15,16);1,3-4,7-8H,2,5-6,9-10H2. The van der Waals surface area contributed by atoms with Gasteiger partial charge in [0.2, 0.25) is 0 Å². The van der Waals surface area contributed by atoms with Gasteiger partial charge < -0.3 is 20.3 Å². The molecule has 5 nitrogen and oxygen atoms in total. The third-order valence-electron chi connectivity index (χ3n) is 4.98. The van der Waals surface area contributed by atoms with Crippen LogP contribution in [-0.2, 0) is 4.79 Å². The zero-order valence-corrected chi connectivity index (χ0v) is 18.0. The second-order valence-electron chi connectivity index (χ2n) is 7.45. The number of aliphatic imine (C=N–C) groups is 1. The van der Waals surface area contributed by atoms with E-state index in [1.54, 1.807) is 19.0 Å². The van der Waals surface area contributed by atoms with Crippen molar-refractivity contribution in [3.63, 3.8) is 0 Å². The fourth-order valence-electron chi connectivity index (χ4n) is 3.26. The zero-order chi connectivity index (χ0) is 21.8. The van der Waals surface area contributed by atoms with Crippen LogP contribution in [0.5, 0.6) is 0 Å². The van der Waals surface area contributed by atoms with Crippen LogP contribution in [0.25, 0.3) is 0 Å². The fourth-order valence-corrected chi connectivity index (χ4v) is 3.26. The summed E-state index contributed by atoms with van der Waals surface area (Å²) in [6.45, 7) is 2.48. The lowest BCUT2D eigenvalue weighted by atomic mass is 10.0. The molecule has 5 heteroatoms. The molecule has 3 rings (SSSR count). The van der Waals surface area contributed by atoms with Gasteiger partial charge in [-0.05, 0) is 49.1 Å². The van der Waals surface area contributed by atoms with Crippen LogP contribution >= 0.6 is 0 Å². The summed E-state index contributed by atoms with van der Waals surface area (Å²) in [5.41, 5.74) is 8.82. The molecule has 30 heavy (non-hydrogen) atoms. The van der Waals surface area contributed by atoms with E-state index >= 15 is 0 Å². The molecule has 2 aromatic rings. The highest BCUT2D eigenvalue weighted by Gasteiger charge is 2.11. The summed E-state index contributed by atoms with van der Waals surface area (Å²) in [6.07, 6.45) is 10.6. The number of terminal acetylenes is 1. The number of para-hydroxylation sites is 1. The molecule has 1 saturated heterocycles. The normalized spacial score (nSPS) is 14.7. The molecule has 0 bridgehead atoms. The van der Waals surface area contributed by atoms with Crippen LogP contribution in [0.4, 0.5) is 5.69 Å². The number of carbonyl (C=O) groups is 1. The number of rotatable bonds is 5. The molecular weight excluding hydrogens is 372 g/mol. The summed E-state index contributed by atoms with van der Waals surface area (Å²) in [6, 6.07) is 17.8. The average Bonchev–Trinajstić information content (AvgIpc) is 2.80. The van der Waals surface area contributed by atoms with Gasteiger partial charge in [0.1, 0.15) is 6.29 Å². The number of nitrogens with two attached hydrogens (primary N) is 1. The van der Waals surface area contributed by atoms with E-state index in [2.05, 4.69) is 46.1 Å². The summed E-state index contributed by atoms with van der Waals surface area (Å²) in [5.74, 6) is 2.94. The summed E-state index contributed by atoms with van der Waals surface area (Å²) in [4.78, 5) is 19.2. The summed E-state index contributed by atoms with van der Waals surface area (Å²) in [7, 11) is 3.60. The molecule has 2 N–H and O–H groups in total. The van der Waals surface area contributed by atoms with Crippen LogP contribution in [0, 0.1) is 12.3 Å². The number of hydrogen-bond acceptors (Lipinski definition) is 3. The van der Waals surface area contributed by atoms with Crippen molar-refractivity contribution in [1.82, 2.24) is 4.90 Å². The van der Waals surface area contributed by atoms with Crippen molar-refractivity contribution in [2.24, 2.45) is 10.7 Å². The molecule has 1 aliphatic heterocycles. The maximum absolute atomic E-state index is 10.7. The van der Waals surface area contributed by atoms with Gasteiger partial charge in [0.25, 0.3) is 0 Å². The molecule has 1 fully saturated rings. The Hall–Kier alpha value is -3.26. The quantitative estimate of drug-likeness (QED) is 0.356. The largest absolute Gasteiger partial charge is 0.372 e. The average molecular weight is 405 g/mol. The van der Waals surface area contributed by atoms with Gasteiger partial charge in [0.05, 0.1) is 6.04 Å². The number of hydrogen-bond donors (Lipinski definition) is 1. The molecule has 0 aromatic heterocycles. The van der Waals surface area contributed by atoms with Crippen molar-refractivity contribution in [3.8, 4) is 12.3 Å². The van der Waals surface area contributed by atoms with Crippen molar-refractivity contribution in [2.75, 3.05) is 32.1 Å². The minimum absolute atomic E-state index is 0.280. The van der Waals surface area contributed by atoms with Crippen molar-refractivity contribution in [3.05, 3.63) is 65.7 Å². The van der Waals surface area contributed by atoms with Crippen LogP contribution in [0.3, 0.4) is 0 Å². The Morgan fingerprint density at radius 1 is 1.17 bits per heavy atom. The molecule has 1 unspecified atom stereocenters. The van der Waals surface area contributed by atoms with Crippen molar-refractivity contribution in [1.29, 1.82) is 0 Å². The minimum atomic E-state index is -0.293. The van der Waals surface area contributed by atoms with Crippen LogP contribution in [0.1, 0.15) is 42.9 Å². The van der Waals surface area contributed by atoms with Gasteiger partial charge in [0.15, 0.2) is 5.96 Å². The molecule has 0 aliphatic carbocycles. The van der Waals surface area contributed by atoms with Gasteiger partial charge in [0, 0.05) is 44.9 Å². The Morgan fingerprint density at radius 3 is 2.47 bits per heavy atom. The van der Waals surface area contributed by atoms with Gasteiger partial charge in [-0.3, -0.25) is 0 Å². The highest BCUT2D eigenvalue weighted by Crippen LogP contribution is 2.21. The first-order valence-electron chi connectivity index (χ1n) is 10.4. The Morgan fingerprint density at radius 2 is 1.87 bits per heavy atom. The lowest BCUT2D eigenvalue weighted by molar-refractivity contribution is -0.108. The van der Waals surface area contributed by atoms with Crippen LogP contribution < -0.4 is 10.6 Å². The maximum Gasteiger partial charge on any atom is 0.191 e. The van der Waals surface area contributed by atoms with Gasteiger partial charge in [-0.1, -0.05) is 36.3 Å². The monoisotopic (exact) mass is 404 g/mol. The van der Waals surface area contributed by atoms with Gasteiger partial charge >= 0.3 is 0 Å². The Balaban J connectivity index is 0.000000230. The zero-order valence-electron chi connectivity index (χ0n) is 18.0. The van der Waals surface area contributed by atoms with E-state index in [0.717, 1.165) is 17.4 Å². The fraction of sp³-hybridized carbons (Fsp3) is 0.360. The number of anilines is 1. The third kappa shape index (κ3) is 7.29. The summed E-state index contributed by atoms with van der Waals surface area (Å²) in [5, 5.41) is 0. The molecule has 2 aromatic carbocycles. The molecule has 0 spiro atoms. The van der Waals surface area contributed by atoms with E-state index < -0.39 is 0 Å². The molecule has 1 atom stereocenters. The number of piperidine rings is 1. The molecule has 1 aliphatic rings. The van der Waals surface area contributed by atoms with Crippen molar-refractivity contribution >= 4 is 17.9 Å². The van der Waals surface area contributed by atoms with E-state index in [4.69, 9.17) is 12.2 Å². The van der Waals surface area contributed by atoms with Gasteiger partial charge in [-0.25, -0.2) is 4.99 Å². The SMILES string of the molecule is C#Cc1cccc(C(CC=O)N=C(N)N(C)C)c1.c1ccc(N2CCCCC2)cc1. The van der Waals surface area contributed by atoms with Crippen LogP contribution in [0.15, 0.2) is 59.6 Å². The third-order valence-corrected chi connectivity index (χ3v) is 4.98. The number of carbonyl (C=O) groups excluding carboxylic acids is 1. The van der Waals surface area contributed by atoms with Crippen LogP contribution in [-0.4, -0.2) is 44.3 Å². The van der Waals surface area contributed by atoms with Crippen molar-refractivity contribution in [2.45, 2.75) is 31.7 Å². The number of aldehydes is 1. The Bertz CT molecular complexity index is 849. The van der Waals surface area contributed by atoms with E-state index in [9.17, 15) is 4.79 Å². The predicted molar refractivity (Wildman–Crippen MR) is 126 cm³/mol. The first-order chi connectivity index (χ1) is 14.5. The molecular formula is C25H32N4O. The number of nitrogens with zero attached hydrogens (tertiary/aromatic N) is 3. The van der Waals surface area contributed by atoms with E-state index in [1.807, 2.05) is 24.3 Å². The molecule has 1 heterocycles. The topological polar surface area (TPSA) is 61.9 Å². The first-order valence-corrected chi connectivity index (χ1v) is 10.4. The van der Waals surface area contributed by atoms with E-state index in [0.29, 0.717) is 5.96 Å². The lowest BCUT2D eigenvalue weighted by Gasteiger charge is -2.28. The Kier molecular flexibility index (Phi) is 9.47. The van der Waals surface area contributed by atoms with Crippen molar-refractivity contribution < 1.29 is 4.79 Å². The molecule has 158 valence electrons. The minimum Gasteiger partial charge on any atom is -0.372 e. The molecule has 0 saturated carbocycles. The molecule has 0 radical (unpaired) electrons. The molecule has 0 amide bonds. The smallest absolute Gasteiger partial charge is 0.191 e. The highest BCUT2D eigenvalue weighted by molar-refractivity contribution is 5.78. The van der Waals surface area contributed by atoms with E-state index in [-0.39, 0.29) is 12.5 Å². The van der Waals surface area contributed by atoms with E-state index in [1.165, 1.54) is 38.0 Å². The maximum atomic E-state index is 10.7. The second-order valence-corrected chi connectivity index (χ2v) is 7.45.